The van der Waals surface area contributed by atoms with Crippen LogP contribution in [-0.4, -0.2) is 88.4 Å². The predicted octanol–water partition coefficient (Wildman–Crippen LogP) is 2.34. The molecule has 2 rings (SSSR count). The molecular weight excluding hydrogens is 473 g/mol. The Balaban J connectivity index is 2.04. The number of carbonyl (C=O) groups is 1. The maximum atomic E-state index is 12.6. The van der Waals surface area contributed by atoms with E-state index in [-0.39, 0.29) is 0 Å². The Bertz CT molecular complexity index is 424. The van der Waals surface area contributed by atoms with E-state index < -0.39 is 25.9 Å². The van der Waals surface area contributed by atoms with Crippen LogP contribution in [0.4, 0.5) is 4.79 Å². The Morgan fingerprint density at radius 1 is 0.731 bits per heavy atom. The molecule has 2 aliphatic heterocycles. The third-order valence-corrected chi connectivity index (χ3v) is 5.22. The average Bonchev–Trinajstić information content (AvgIpc) is 2.57. The Hall–Kier alpha value is 0.850. The monoisotopic (exact) mass is 490 g/mol. The highest BCUT2D eigenvalue weighted by Gasteiger charge is 2.42. The molecular formula is C13H20Cl6N4O3. The first-order valence-corrected chi connectivity index (χ1v) is 10.2. The third-order valence-electron chi connectivity index (χ3n) is 3.98. The first kappa shape index (κ1) is 23.1. The Labute approximate surface area is 182 Å². The summed E-state index contributed by atoms with van der Waals surface area (Å²) in [6, 6.07) is -0.615. The van der Waals surface area contributed by atoms with Crippen LogP contribution in [0, 0.1) is 0 Å². The number of halogens is 6. The molecule has 0 unspecified atom stereocenters. The molecule has 0 aliphatic carbocycles. The van der Waals surface area contributed by atoms with Gasteiger partial charge in [0.15, 0.2) is 0 Å². The lowest BCUT2D eigenvalue weighted by Gasteiger charge is -2.40. The van der Waals surface area contributed by atoms with Gasteiger partial charge in [-0.1, -0.05) is 69.6 Å². The van der Waals surface area contributed by atoms with Crippen molar-refractivity contribution in [3.63, 3.8) is 0 Å². The van der Waals surface area contributed by atoms with Crippen LogP contribution in [-0.2, 0) is 9.47 Å². The fourth-order valence-electron chi connectivity index (χ4n) is 2.72. The smallest absolute Gasteiger partial charge is 0.317 e. The Morgan fingerprint density at radius 3 is 1.31 bits per heavy atom. The minimum absolute atomic E-state index is 0.477. The number of amides is 2. The average molecular weight is 493 g/mol. The van der Waals surface area contributed by atoms with Crippen molar-refractivity contribution in [3.8, 4) is 0 Å². The van der Waals surface area contributed by atoms with Crippen LogP contribution >= 0.6 is 69.6 Å². The van der Waals surface area contributed by atoms with E-state index in [0.717, 1.165) is 0 Å². The molecule has 2 atom stereocenters. The van der Waals surface area contributed by atoms with Crippen molar-refractivity contribution < 1.29 is 14.3 Å². The van der Waals surface area contributed by atoms with Crippen LogP contribution in [0.25, 0.3) is 0 Å². The second-order valence-electron chi connectivity index (χ2n) is 5.80. The van der Waals surface area contributed by atoms with E-state index in [4.69, 9.17) is 79.1 Å². The molecule has 13 heteroatoms. The molecule has 2 amide bonds. The van der Waals surface area contributed by atoms with Gasteiger partial charge >= 0.3 is 6.03 Å². The zero-order valence-corrected chi connectivity index (χ0v) is 18.2. The van der Waals surface area contributed by atoms with Gasteiger partial charge in [0.05, 0.1) is 26.4 Å². The van der Waals surface area contributed by atoms with Crippen LogP contribution in [0.5, 0.6) is 0 Å². The van der Waals surface area contributed by atoms with Gasteiger partial charge in [-0.05, 0) is 0 Å². The molecule has 2 saturated heterocycles. The van der Waals surface area contributed by atoms with Gasteiger partial charge in [-0.25, -0.2) is 4.79 Å². The topological polar surface area (TPSA) is 66.1 Å². The van der Waals surface area contributed by atoms with Gasteiger partial charge in [-0.2, -0.15) is 0 Å². The molecule has 0 aromatic carbocycles. The van der Waals surface area contributed by atoms with Gasteiger partial charge in [-0.3, -0.25) is 9.80 Å². The zero-order valence-electron chi connectivity index (χ0n) is 13.7. The van der Waals surface area contributed by atoms with Gasteiger partial charge in [0.2, 0.25) is 7.59 Å². The Kier molecular flexibility index (Phi) is 8.94. The number of morpholine rings is 2. The fourth-order valence-corrected chi connectivity index (χ4v) is 3.88. The van der Waals surface area contributed by atoms with Crippen LogP contribution in [0.2, 0.25) is 0 Å². The molecule has 0 aromatic heterocycles. The maximum Gasteiger partial charge on any atom is 0.317 e. The van der Waals surface area contributed by atoms with Crippen LogP contribution < -0.4 is 10.6 Å². The molecule has 0 spiro atoms. The van der Waals surface area contributed by atoms with Crippen molar-refractivity contribution in [1.82, 2.24) is 20.4 Å². The molecule has 2 N–H and O–H groups in total. The van der Waals surface area contributed by atoms with Crippen molar-refractivity contribution in [3.05, 3.63) is 0 Å². The molecule has 7 nitrogen and oxygen atoms in total. The fraction of sp³-hybridized carbons (Fsp3) is 0.923. The van der Waals surface area contributed by atoms with Gasteiger partial charge in [0, 0.05) is 26.2 Å². The first-order valence-electron chi connectivity index (χ1n) is 7.93. The maximum absolute atomic E-state index is 12.6. The Morgan fingerprint density at radius 2 is 1.04 bits per heavy atom. The lowest BCUT2D eigenvalue weighted by Crippen LogP contribution is -2.64. The molecule has 2 aliphatic rings. The van der Waals surface area contributed by atoms with Crippen molar-refractivity contribution in [1.29, 1.82) is 0 Å². The second-order valence-corrected chi connectivity index (χ2v) is 10.5. The number of hydrogen-bond donors (Lipinski definition) is 2. The molecule has 152 valence electrons. The highest BCUT2D eigenvalue weighted by molar-refractivity contribution is 6.68. The molecule has 26 heavy (non-hydrogen) atoms. The zero-order chi connectivity index (χ0) is 19.4. The highest BCUT2D eigenvalue weighted by atomic mass is 35.6. The number of rotatable bonds is 4. The summed E-state index contributed by atoms with van der Waals surface area (Å²) in [4.78, 5) is 16.2. The minimum Gasteiger partial charge on any atom is -0.379 e. The van der Waals surface area contributed by atoms with Crippen LogP contribution in [0.15, 0.2) is 0 Å². The molecule has 0 saturated carbocycles. The molecule has 0 aromatic rings. The van der Waals surface area contributed by atoms with Gasteiger partial charge in [0.25, 0.3) is 0 Å². The summed E-state index contributed by atoms with van der Waals surface area (Å²) in [6.45, 7) is 3.95. The van der Waals surface area contributed by atoms with Crippen LogP contribution in [0.1, 0.15) is 0 Å². The number of nitrogens with zero attached hydrogens (tertiary/aromatic N) is 2. The normalized spacial score (nSPS) is 23.3. The number of nitrogens with one attached hydrogen (secondary N) is 2. The van der Waals surface area contributed by atoms with Gasteiger partial charge in [-0.15, -0.1) is 0 Å². The molecule has 2 heterocycles. The van der Waals surface area contributed by atoms with Gasteiger partial charge in [0.1, 0.15) is 12.3 Å². The van der Waals surface area contributed by atoms with E-state index in [0.29, 0.717) is 52.6 Å². The summed E-state index contributed by atoms with van der Waals surface area (Å²) < 4.78 is 7.08. The molecule has 0 bridgehead atoms. The third kappa shape index (κ3) is 7.03. The van der Waals surface area contributed by atoms with E-state index in [9.17, 15) is 4.79 Å². The number of hydrogen-bond acceptors (Lipinski definition) is 5. The lowest BCUT2D eigenvalue weighted by molar-refractivity contribution is 0.00721. The lowest BCUT2D eigenvalue weighted by atomic mass is 10.3. The number of carbonyl (C=O) groups excluding carboxylic acids is 1. The quantitative estimate of drug-likeness (QED) is 0.590. The largest absolute Gasteiger partial charge is 0.379 e. The van der Waals surface area contributed by atoms with Crippen molar-refractivity contribution in [2.45, 2.75) is 19.9 Å². The minimum atomic E-state index is -1.75. The predicted molar refractivity (Wildman–Crippen MR) is 105 cm³/mol. The van der Waals surface area contributed by atoms with Crippen molar-refractivity contribution >= 4 is 75.6 Å². The summed E-state index contributed by atoms with van der Waals surface area (Å²) in [7, 11) is 0. The van der Waals surface area contributed by atoms with E-state index >= 15 is 0 Å². The number of alkyl halides is 6. The summed E-state index contributed by atoms with van der Waals surface area (Å²) in [5.41, 5.74) is 0. The van der Waals surface area contributed by atoms with Crippen molar-refractivity contribution in [2.75, 3.05) is 52.6 Å². The molecule has 0 radical (unpaired) electrons. The second kappa shape index (κ2) is 10.1. The summed E-state index contributed by atoms with van der Waals surface area (Å²) in [6.07, 6.45) is -1.73. The molecule has 2 fully saturated rings. The summed E-state index contributed by atoms with van der Waals surface area (Å²) in [5, 5.41) is 5.32. The van der Waals surface area contributed by atoms with E-state index in [1.165, 1.54) is 0 Å². The van der Waals surface area contributed by atoms with E-state index in [1.54, 1.807) is 0 Å². The van der Waals surface area contributed by atoms with Crippen molar-refractivity contribution in [2.24, 2.45) is 0 Å². The standard InChI is InChI=1S/C13H20Cl6N4O3/c14-12(15,16)9(22-1-5-25-6-2-22)20-11(24)21-10(13(17,18)19)23-3-7-26-8-4-23/h9-10H,1-8H2,(H2,20,21,24)/t9-,10+. The first-order chi connectivity index (χ1) is 12.1. The van der Waals surface area contributed by atoms with E-state index in [1.807, 2.05) is 9.80 Å². The SMILES string of the molecule is O=C(N[C@H](N1CCOCC1)C(Cl)(Cl)Cl)N[C@@H](N1CCOCC1)C(Cl)(Cl)Cl. The van der Waals surface area contributed by atoms with Crippen LogP contribution in [0.3, 0.4) is 0 Å². The highest BCUT2D eigenvalue weighted by Crippen LogP contribution is 2.34. The van der Waals surface area contributed by atoms with Gasteiger partial charge < -0.3 is 20.1 Å². The number of ether oxygens (including phenoxy) is 2. The summed E-state index contributed by atoms with van der Waals surface area (Å²) >= 11 is 36.3. The van der Waals surface area contributed by atoms with E-state index in [2.05, 4.69) is 10.6 Å². The summed E-state index contributed by atoms with van der Waals surface area (Å²) in [5.74, 6) is 0. The number of urea groups is 1.